The summed E-state index contributed by atoms with van der Waals surface area (Å²) in [7, 11) is -2.01. The first-order valence-electron chi connectivity index (χ1n) is 6.87. The summed E-state index contributed by atoms with van der Waals surface area (Å²) in [4.78, 5) is 0. The molecule has 0 saturated heterocycles. The van der Waals surface area contributed by atoms with E-state index in [1.807, 2.05) is 0 Å². The Morgan fingerprint density at radius 2 is 1.65 bits per heavy atom. The molecule has 0 fully saturated rings. The molecule has 20 heavy (non-hydrogen) atoms. The molecule has 6 heteroatoms. The molecular weight excluding hydrogens is 359 g/mol. The standard InChI is InChI=1S/C14H23Cl3Si3/c1-6-11(2)18-13-7-9-14(10-8-13)19(4,5)12(3)20(15,16)17/h6-10,12H,18H2,1-5H3/b11-6+. The van der Waals surface area contributed by atoms with Gasteiger partial charge in [0.05, 0.1) is 17.6 Å². The Labute approximate surface area is 141 Å². The highest BCUT2D eigenvalue weighted by atomic mass is 35.8. The van der Waals surface area contributed by atoms with Gasteiger partial charge in [0, 0.05) is 0 Å². The molecular formula is C14H23Cl3Si3. The molecule has 1 unspecified atom stereocenters. The average molecular weight is 382 g/mol. The third-order valence-corrected chi connectivity index (χ3v) is 19.1. The fourth-order valence-electron chi connectivity index (χ4n) is 2.14. The van der Waals surface area contributed by atoms with Crippen LogP contribution in [0.25, 0.3) is 0 Å². The van der Waals surface area contributed by atoms with E-state index in [1.165, 1.54) is 15.6 Å². The Morgan fingerprint density at radius 1 is 1.15 bits per heavy atom. The number of benzene rings is 1. The molecule has 0 amide bonds. The lowest BCUT2D eigenvalue weighted by Gasteiger charge is -2.33. The third kappa shape index (κ3) is 4.75. The summed E-state index contributed by atoms with van der Waals surface area (Å²) < 4.78 is 0. The summed E-state index contributed by atoms with van der Waals surface area (Å²) in [6.07, 6.45) is 2.22. The summed E-state index contributed by atoms with van der Waals surface area (Å²) in [5, 5.41) is 4.60. The van der Waals surface area contributed by atoms with Gasteiger partial charge in [0.15, 0.2) is 0 Å². The van der Waals surface area contributed by atoms with Crippen LogP contribution in [0.2, 0.25) is 18.3 Å². The van der Waals surface area contributed by atoms with Crippen molar-refractivity contribution in [3.63, 3.8) is 0 Å². The Hall–Kier alpha value is 0.481. The molecule has 1 aromatic carbocycles. The van der Waals surface area contributed by atoms with E-state index in [0.29, 0.717) is 0 Å². The molecule has 0 spiro atoms. The molecule has 0 radical (unpaired) electrons. The molecule has 0 aliphatic carbocycles. The van der Waals surface area contributed by atoms with Gasteiger partial charge in [-0.15, -0.1) is 33.2 Å². The Morgan fingerprint density at radius 3 is 2.05 bits per heavy atom. The molecule has 0 bridgehead atoms. The monoisotopic (exact) mass is 380 g/mol. The highest BCUT2D eigenvalue weighted by molar-refractivity contribution is 7.67. The third-order valence-electron chi connectivity index (χ3n) is 4.25. The van der Waals surface area contributed by atoms with Crippen LogP contribution in [-0.4, -0.2) is 23.6 Å². The maximum atomic E-state index is 6.24. The Balaban J connectivity index is 2.98. The summed E-state index contributed by atoms with van der Waals surface area (Å²) >= 11 is 18.7. The highest BCUT2D eigenvalue weighted by Crippen LogP contribution is 2.39. The predicted octanol–water partition coefficient (Wildman–Crippen LogP) is 3.90. The molecule has 1 rings (SSSR count). The Bertz CT molecular complexity index is 475. The van der Waals surface area contributed by atoms with Gasteiger partial charge in [-0.3, -0.25) is 0 Å². The number of rotatable bonds is 5. The van der Waals surface area contributed by atoms with Gasteiger partial charge in [-0.25, -0.2) is 0 Å². The summed E-state index contributed by atoms with van der Waals surface area (Å²) in [6, 6.07) is 6.43. The molecule has 0 N–H and O–H groups in total. The molecule has 112 valence electrons. The maximum Gasteiger partial charge on any atom is 0.341 e. The van der Waals surface area contributed by atoms with Crippen molar-refractivity contribution < 1.29 is 0 Å². The van der Waals surface area contributed by atoms with E-state index in [2.05, 4.69) is 64.2 Å². The second-order valence-electron chi connectivity index (χ2n) is 5.99. The van der Waals surface area contributed by atoms with Crippen LogP contribution < -0.4 is 10.4 Å². The van der Waals surface area contributed by atoms with Crippen LogP contribution in [0.1, 0.15) is 20.8 Å². The first-order chi connectivity index (χ1) is 9.09. The quantitative estimate of drug-likeness (QED) is 0.536. The molecule has 0 nitrogen and oxygen atoms in total. The second kappa shape index (κ2) is 7.16. The molecule has 1 aromatic rings. The van der Waals surface area contributed by atoms with Crippen LogP contribution in [0.4, 0.5) is 0 Å². The maximum absolute atomic E-state index is 6.24. The smallest absolute Gasteiger partial charge is 0.126 e. The lowest BCUT2D eigenvalue weighted by Crippen LogP contribution is -2.51. The van der Waals surface area contributed by atoms with E-state index >= 15 is 0 Å². The predicted molar refractivity (Wildman–Crippen MR) is 104 cm³/mol. The van der Waals surface area contributed by atoms with E-state index in [-0.39, 0.29) is 14.7 Å². The van der Waals surface area contributed by atoms with Crippen molar-refractivity contribution in [1.29, 1.82) is 0 Å². The second-order valence-corrected chi connectivity index (χ2v) is 22.8. The SMILES string of the molecule is C/C=C(\C)[SiH2]c1ccc([Si](C)(C)C(C)[Si](Cl)(Cl)Cl)cc1. The van der Waals surface area contributed by atoms with E-state index in [9.17, 15) is 0 Å². The number of allylic oxidation sites excluding steroid dienone is 2. The van der Waals surface area contributed by atoms with Crippen LogP contribution >= 0.6 is 33.2 Å². The minimum Gasteiger partial charge on any atom is -0.126 e. The number of hydrogen-bond donors (Lipinski definition) is 0. The summed E-state index contributed by atoms with van der Waals surface area (Å²) in [5.41, 5.74) is 0. The number of hydrogen-bond acceptors (Lipinski definition) is 0. The molecule has 0 aliphatic rings. The van der Waals surface area contributed by atoms with Gasteiger partial charge >= 0.3 is 6.00 Å². The summed E-state index contributed by atoms with van der Waals surface area (Å²) in [5.74, 6) is 0. The van der Waals surface area contributed by atoms with Crippen molar-refractivity contribution in [2.75, 3.05) is 0 Å². The van der Waals surface area contributed by atoms with Crippen molar-refractivity contribution in [3.8, 4) is 0 Å². The molecule has 0 aromatic heterocycles. The van der Waals surface area contributed by atoms with Crippen LogP contribution in [-0.2, 0) is 0 Å². The zero-order chi connectivity index (χ0) is 15.6. The first kappa shape index (κ1) is 18.5. The van der Waals surface area contributed by atoms with Gasteiger partial charge in [0.2, 0.25) is 0 Å². The normalized spacial score (nSPS) is 15.9. The topological polar surface area (TPSA) is 0 Å². The van der Waals surface area contributed by atoms with Crippen LogP contribution in [0.5, 0.6) is 0 Å². The highest BCUT2D eigenvalue weighted by Gasteiger charge is 2.45. The zero-order valence-corrected chi connectivity index (χ0v) is 18.5. The van der Waals surface area contributed by atoms with Gasteiger partial charge in [0.25, 0.3) is 0 Å². The first-order valence-corrected chi connectivity index (χ1v) is 16.5. The van der Waals surface area contributed by atoms with E-state index in [4.69, 9.17) is 33.2 Å². The van der Waals surface area contributed by atoms with Gasteiger partial charge in [0.1, 0.15) is 0 Å². The van der Waals surface area contributed by atoms with Gasteiger partial charge < -0.3 is 0 Å². The van der Waals surface area contributed by atoms with Gasteiger partial charge in [-0.1, -0.05) is 65.9 Å². The van der Waals surface area contributed by atoms with Crippen molar-refractivity contribution in [2.24, 2.45) is 0 Å². The van der Waals surface area contributed by atoms with Crippen LogP contribution in [0.3, 0.4) is 0 Å². The minimum atomic E-state index is -2.65. The molecule has 0 saturated carbocycles. The number of halogens is 3. The van der Waals surface area contributed by atoms with Crippen molar-refractivity contribution >= 4 is 67.2 Å². The summed E-state index contributed by atoms with van der Waals surface area (Å²) in [6.45, 7) is 11.0. The largest absolute Gasteiger partial charge is 0.341 e. The fourth-order valence-corrected chi connectivity index (χ4v) is 16.1. The molecule has 0 heterocycles. The van der Waals surface area contributed by atoms with Crippen molar-refractivity contribution in [3.05, 3.63) is 35.5 Å². The zero-order valence-electron chi connectivity index (χ0n) is 12.8. The van der Waals surface area contributed by atoms with E-state index in [1.54, 1.807) is 0 Å². The fraction of sp³-hybridized carbons (Fsp3) is 0.429. The average Bonchev–Trinajstić information content (AvgIpc) is 2.37. The van der Waals surface area contributed by atoms with Crippen LogP contribution in [0, 0.1) is 0 Å². The van der Waals surface area contributed by atoms with Crippen molar-refractivity contribution in [1.82, 2.24) is 0 Å². The molecule has 0 aliphatic heterocycles. The lowest BCUT2D eigenvalue weighted by atomic mass is 10.4. The van der Waals surface area contributed by atoms with Crippen LogP contribution in [0.15, 0.2) is 35.5 Å². The van der Waals surface area contributed by atoms with E-state index in [0.717, 1.165) is 0 Å². The minimum absolute atomic E-state index is 0.209. The van der Waals surface area contributed by atoms with Crippen molar-refractivity contribution in [2.45, 2.75) is 39.0 Å². The lowest BCUT2D eigenvalue weighted by molar-refractivity contribution is 1.25. The van der Waals surface area contributed by atoms with Gasteiger partial charge in [-0.2, -0.15) is 0 Å². The molecule has 1 atom stereocenters. The van der Waals surface area contributed by atoms with Gasteiger partial charge in [-0.05, 0) is 19.0 Å². The Kier molecular flexibility index (Phi) is 6.63. The van der Waals surface area contributed by atoms with E-state index < -0.39 is 14.1 Å².